The summed E-state index contributed by atoms with van der Waals surface area (Å²) in [5.74, 6) is -0.669. The van der Waals surface area contributed by atoms with Gasteiger partial charge in [-0.1, -0.05) is 6.92 Å². The molecule has 0 radical (unpaired) electrons. The molecule has 35 heavy (non-hydrogen) atoms. The van der Waals surface area contributed by atoms with Gasteiger partial charge in [0.05, 0.1) is 23.5 Å². The normalized spacial score (nSPS) is 15.9. The molecule has 4 aromatic rings. The summed E-state index contributed by atoms with van der Waals surface area (Å²) in [7, 11) is 1.82. The van der Waals surface area contributed by atoms with Gasteiger partial charge in [0.25, 0.3) is 5.91 Å². The highest BCUT2D eigenvalue weighted by molar-refractivity contribution is 6.13. The Labute approximate surface area is 201 Å². The number of aryl methyl sites for hydroxylation is 2. The van der Waals surface area contributed by atoms with Gasteiger partial charge in [-0.2, -0.15) is 5.10 Å². The third kappa shape index (κ3) is 4.49. The molecule has 10 heteroatoms. The molecule has 0 unspecified atom stereocenters. The van der Waals surface area contributed by atoms with Crippen LogP contribution in [0.5, 0.6) is 0 Å². The minimum atomic E-state index is -0.507. The average Bonchev–Trinajstić information content (AvgIpc) is 3.54. The second-order valence-corrected chi connectivity index (χ2v) is 9.05. The van der Waals surface area contributed by atoms with Gasteiger partial charge in [0, 0.05) is 68.3 Å². The lowest BCUT2D eigenvalue weighted by Gasteiger charge is -2.20. The fourth-order valence-corrected chi connectivity index (χ4v) is 4.64. The van der Waals surface area contributed by atoms with Crippen LogP contribution in [0.25, 0.3) is 16.6 Å². The number of aromatic nitrogens is 4. The molecule has 0 aliphatic carbocycles. The second kappa shape index (κ2) is 9.10. The van der Waals surface area contributed by atoms with Crippen LogP contribution in [0.3, 0.4) is 0 Å². The first-order valence-corrected chi connectivity index (χ1v) is 11.7. The summed E-state index contributed by atoms with van der Waals surface area (Å²) in [5, 5.41) is 11.6. The van der Waals surface area contributed by atoms with Crippen LogP contribution in [0.4, 0.5) is 15.8 Å². The molecule has 0 bridgehead atoms. The number of ketones is 1. The van der Waals surface area contributed by atoms with Gasteiger partial charge in [-0.25, -0.2) is 9.37 Å². The predicted octanol–water partition coefficient (Wildman–Crippen LogP) is 3.07. The number of nitrogens with one attached hydrogen (secondary N) is 2. The fraction of sp³-hybridized carbons (Fsp3) is 0.360. The van der Waals surface area contributed by atoms with Crippen molar-refractivity contribution in [2.75, 3.05) is 29.9 Å². The Bertz CT molecular complexity index is 1440. The van der Waals surface area contributed by atoms with Crippen molar-refractivity contribution < 1.29 is 14.0 Å². The number of carbonyl (C=O) groups excluding carboxylic acids is 2. The van der Waals surface area contributed by atoms with Crippen molar-refractivity contribution in [3.8, 4) is 0 Å². The Balaban J connectivity index is 1.39. The van der Waals surface area contributed by atoms with Crippen molar-refractivity contribution in [1.82, 2.24) is 24.5 Å². The fourth-order valence-electron chi connectivity index (χ4n) is 4.64. The first kappa shape index (κ1) is 23.0. The third-order valence-corrected chi connectivity index (χ3v) is 6.41. The Morgan fingerprint density at radius 1 is 1.23 bits per heavy atom. The molecule has 1 aliphatic heterocycles. The Kier molecular flexibility index (Phi) is 5.98. The Morgan fingerprint density at radius 2 is 2.06 bits per heavy atom. The van der Waals surface area contributed by atoms with Crippen LogP contribution in [-0.4, -0.2) is 56.5 Å². The van der Waals surface area contributed by atoms with Gasteiger partial charge in [0.15, 0.2) is 11.5 Å². The van der Waals surface area contributed by atoms with Gasteiger partial charge < -0.3 is 19.9 Å². The first-order valence-electron chi connectivity index (χ1n) is 11.7. The summed E-state index contributed by atoms with van der Waals surface area (Å²) in [6, 6.07) is 5.19. The van der Waals surface area contributed by atoms with E-state index in [1.165, 1.54) is 6.07 Å². The number of nitrogens with zero attached hydrogens (tertiary/aromatic N) is 5. The van der Waals surface area contributed by atoms with E-state index in [-0.39, 0.29) is 23.4 Å². The summed E-state index contributed by atoms with van der Waals surface area (Å²) in [4.78, 5) is 31.3. The van der Waals surface area contributed by atoms with Gasteiger partial charge in [-0.05, 0) is 25.5 Å². The first-order chi connectivity index (χ1) is 16.8. The smallest absolute Gasteiger partial charge is 0.257 e. The van der Waals surface area contributed by atoms with E-state index in [1.807, 2.05) is 26.2 Å². The molecule has 1 saturated heterocycles. The van der Waals surface area contributed by atoms with Crippen LogP contribution in [0, 0.1) is 12.7 Å². The minimum absolute atomic E-state index is 0.204. The summed E-state index contributed by atoms with van der Waals surface area (Å²) in [5.41, 5.74) is 3.23. The van der Waals surface area contributed by atoms with E-state index in [0.29, 0.717) is 35.4 Å². The number of pyridine rings is 1. The number of Topliss-reactive ketones (excluding diaryl/α,β-unsaturated/α-hetero) is 1. The Hall–Kier alpha value is -3.79. The van der Waals surface area contributed by atoms with Gasteiger partial charge in [0.1, 0.15) is 11.3 Å². The SMILES string of the molecule is CCC(=O)CN[C@H]1CCN(c2ccc(C(=O)Nc3cc(F)c4nc(C)cn4c3)c3nn(C)cc23)C1. The topological polar surface area (TPSA) is 96.6 Å². The van der Waals surface area contributed by atoms with Crippen molar-refractivity contribution in [2.24, 2.45) is 7.05 Å². The number of hydrogen-bond donors (Lipinski definition) is 2. The minimum Gasteiger partial charge on any atom is -0.369 e. The molecule has 1 aliphatic rings. The molecule has 3 aromatic heterocycles. The lowest BCUT2D eigenvalue weighted by molar-refractivity contribution is -0.118. The van der Waals surface area contributed by atoms with Crippen LogP contribution >= 0.6 is 0 Å². The number of benzene rings is 1. The van der Waals surface area contributed by atoms with E-state index < -0.39 is 5.82 Å². The summed E-state index contributed by atoms with van der Waals surface area (Å²) >= 11 is 0. The van der Waals surface area contributed by atoms with E-state index in [0.717, 1.165) is 30.6 Å². The van der Waals surface area contributed by atoms with Crippen LogP contribution < -0.4 is 15.5 Å². The average molecular weight is 478 g/mol. The maximum Gasteiger partial charge on any atom is 0.257 e. The molecule has 5 rings (SSSR count). The highest BCUT2D eigenvalue weighted by Gasteiger charge is 2.26. The number of imidazole rings is 1. The number of fused-ring (bicyclic) bond motifs is 2. The monoisotopic (exact) mass is 477 g/mol. The zero-order valence-corrected chi connectivity index (χ0v) is 20.0. The van der Waals surface area contributed by atoms with Crippen molar-refractivity contribution >= 4 is 39.6 Å². The number of amides is 1. The van der Waals surface area contributed by atoms with Crippen LogP contribution in [-0.2, 0) is 11.8 Å². The molecule has 1 amide bonds. The van der Waals surface area contributed by atoms with Gasteiger partial charge >= 0.3 is 0 Å². The number of carbonyl (C=O) groups is 2. The molecular formula is C25H28FN7O2. The largest absolute Gasteiger partial charge is 0.369 e. The van der Waals surface area contributed by atoms with Gasteiger partial charge in [0.2, 0.25) is 0 Å². The molecule has 1 fully saturated rings. The third-order valence-electron chi connectivity index (χ3n) is 6.41. The van der Waals surface area contributed by atoms with Crippen molar-refractivity contribution in [1.29, 1.82) is 0 Å². The van der Waals surface area contributed by atoms with E-state index in [4.69, 9.17) is 0 Å². The molecule has 9 nitrogen and oxygen atoms in total. The molecule has 4 heterocycles. The maximum atomic E-state index is 14.5. The lowest BCUT2D eigenvalue weighted by Crippen LogP contribution is -2.35. The van der Waals surface area contributed by atoms with Gasteiger partial charge in [-0.3, -0.25) is 14.3 Å². The highest BCUT2D eigenvalue weighted by Crippen LogP contribution is 2.31. The molecule has 1 atom stereocenters. The molecule has 0 spiro atoms. The van der Waals surface area contributed by atoms with Crippen molar-refractivity contribution in [3.05, 3.63) is 53.9 Å². The highest BCUT2D eigenvalue weighted by atomic mass is 19.1. The zero-order chi connectivity index (χ0) is 24.7. The van der Waals surface area contributed by atoms with Crippen LogP contribution in [0.1, 0.15) is 35.8 Å². The van der Waals surface area contributed by atoms with Crippen molar-refractivity contribution in [3.63, 3.8) is 0 Å². The predicted molar refractivity (Wildman–Crippen MR) is 132 cm³/mol. The summed E-state index contributed by atoms with van der Waals surface area (Å²) in [6.07, 6.45) is 6.72. The standard InChI is InChI=1S/C25H28FN7O2/c1-4-18(34)10-27-16-7-8-32(12-16)22-6-5-19(23-20(22)14-31(3)30-23)25(35)29-17-9-21(26)24-28-15(2)11-33(24)13-17/h5-6,9,11,13-14,16,27H,4,7-8,10,12H2,1-3H3,(H,29,35)/t16-/m0/s1. The van der Waals surface area contributed by atoms with E-state index in [1.54, 1.807) is 34.5 Å². The van der Waals surface area contributed by atoms with Crippen LogP contribution in [0.15, 0.2) is 36.8 Å². The number of anilines is 2. The zero-order valence-electron chi connectivity index (χ0n) is 20.0. The van der Waals surface area contributed by atoms with E-state index >= 15 is 0 Å². The molecule has 182 valence electrons. The van der Waals surface area contributed by atoms with E-state index in [9.17, 15) is 14.0 Å². The van der Waals surface area contributed by atoms with Gasteiger partial charge in [-0.15, -0.1) is 0 Å². The van der Waals surface area contributed by atoms with Crippen molar-refractivity contribution in [2.45, 2.75) is 32.7 Å². The molecule has 0 saturated carbocycles. The number of hydrogen-bond acceptors (Lipinski definition) is 6. The summed E-state index contributed by atoms with van der Waals surface area (Å²) in [6.45, 7) is 5.66. The number of rotatable bonds is 7. The number of halogens is 1. The summed E-state index contributed by atoms with van der Waals surface area (Å²) < 4.78 is 17.7. The quantitative estimate of drug-likeness (QED) is 0.425. The molecular weight excluding hydrogens is 449 g/mol. The molecule has 2 N–H and O–H groups in total. The van der Waals surface area contributed by atoms with Crippen LogP contribution in [0.2, 0.25) is 0 Å². The second-order valence-electron chi connectivity index (χ2n) is 9.05. The maximum absolute atomic E-state index is 14.5. The molecule has 1 aromatic carbocycles. The Morgan fingerprint density at radius 3 is 2.86 bits per heavy atom. The lowest BCUT2D eigenvalue weighted by atomic mass is 10.1. The van der Waals surface area contributed by atoms with E-state index in [2.05, 4.69) is 25.6 Å².